The van der Waals surface area contributed by atoms with Gasteiger partial charge < -0.3 is 20.1 Å². The number of carbonyl (C=O) groups excluding carboxylic acids is 1. The predicted octanol–water partition coefficient (Wildman–Crippen LogP) is 2.30. The van der Waals surface area contributed by atoms with Crippen molar-refractivity contribution in [3.05, 3.63) is 66.7 Å². The summed E-state index contributed by atoms with van der Waals surface area (Å²) in [5.74, 6) is -0.606. The minimum absolute atomic E-state index is 0.0665. The molecule has 0 radical (unpaired) electrons. The molecule has 1 rings (SSSR count). The van der Waals surface area contributed by atoms with E-state index in [1.165, 1.54) is 36.4 Å². The van der Waals surface area contributed by atoms with Crippen LogP contribution < -0.4 is 0 Å². The van der Waals surface area contributed by atoms with Gasteiger partial charge in [0, 0.05) is 7.11 Å². The van der Waals surface area contributed by atoms with Gasteiger partial charge in [0.1, 0.15) is 17.3 Å². The van der Waals surface area contributed by atoms with E-state index in [9.17, 15) is 4.79 Å². The Balaban J connectivity index is 0.00000154. The lowest BCUT2D eigenvalue weighted by atomic mass is 10.2. The molecule has 0 heterocycles. The predicted molar refractivity (Wildman–Crippen MR) is 71.7 cm³/mol. The lowest BCUT2D eigenvalue weighted by molar-refractivity contribution is 0.0638. The van der Waals surface area contributed by atoms with E-state index in [1.807, 2.05) is 0 Å². The third-order valence-corrected chi connectivity index (χ3v) is 1.79. The van der Waals surface area contributed by atoms with E-state index in [-0.39, 0.29) is 17.3 Å². The van der Waals surface area contributed by atoms with Crippen molar-refractivity contribution in [2.45, 2.75) is 0 Å². The zero-order valence-electron chi connectivity index (χ0n) is 10.5. The second kappa shape index (κ2) is 8.54. The second-order valence-electron chi connectivity index (χ2n) is 3.23. The summed E-state index contributed by atoms with van der Waals surface area (Å²) >= 11 is 0. The maximum absolute atomic E-state index is 11.5. The van der Waals surface area contributed by atoms with E-state index >= 15 is 0 Å². The maximum Gasteiger partial charge on any atom is 0.343 e. The first-order valence-corrected chi connectivity index (χ1v) is 5.20. The van der Waals surface area contributed by atoms with Crippen LogP contribution in [0.15, 0.2) is 61.1 Å². The van der Waals surface area contributed by atoms with Crippen LogP contribution >= 0.6 is 0 Å². The van der Waals surface area contributed by atoms with Gasteiger partial charge in [-0.25, -0.2) is 4.79 Å². The van der Waals surface area contributed by atoms with Crippen molar-refractivity contribution in [3.63, 3.8) is 0 Å². The molecular formula is C14H16O5. The molecule has 0 saturated heterocycles. The van der Waals surface area contributed by atoms with Crippen LogP contribution in [0.1, 0.15) is 10.4 Å². The van der Waals surface area contributed by atoms with E-state index < -0.39 is 5.97 Å². The number of esters is 1. The van der Waals surface area contributed by atoms with Crippen LogP contribution in [0.4, 0.5) is 0 Å². The highest BCUT2D eigenvalue weighted by Gasteiger charge is 2.07. The lowest BCUT2D eigenvalue weighted by Crippen LogP contribution is -2.03. The van der Waals surface area contributed by atoms with Crippen molar-refractivity contribution in [1.82, 2.24) is 0 Å². The second-order valence-corrected chi connectivity index (χ2v) is 3.23. The SMILES string of the molecule is C=C(O)/C=C\C(=C)OC(=O)c1ccc(O)cc1.CO. The Hall–Kier alpha value is -2.53. The molecule has 0 aliphatic carbocycles. The number of hydrogen-bond donors (Lipinski definition) is 3. The lowest BCUT2D eigenvalue weighted by Gasteiger charge is -2.03. The Morgan fingerprint density at radius 2 is 1.68 bits per heavy atom. The number of aromatic hydroxyl groups is 1. The van der Waals surface area contributed by atoms with Gasteiger partial charge in [0.2, 0.25) is 0 Å². The van der Waals surface area contributed by atoms with Gasteiger partial charge in [0.05, 0.1) is 5.56 Å². The number of allylic oxidation sites excluding steroid dienone is 2. The summed E-state index contributed by atoms with van der Waals surface area (Å²) in [6, 6.07) is 5.62. The number of aliphatic hydroxyl groups is 2. The van der Waals surface area contributed by atoms with Gasteiger partial charge in [-0.2, -0.15) is 0 Å². The molecule has 0 aliphatic rings. The van der Waals surface area contributed by atoms with Crippen LogP contribution in [-0.2, 0) is 4.74 Å². The Bertz CT molecular complexity index is 471. The monoisotopic (exact) mass is 264 g/mol. The zero-order valence-corrected chi connectivity index (χ0v) is 10.5. The topological polar surface area (TPSA) is 87.0 Å². The molecule has 0 amide bonds. The van der Waals surface area contributed by atoms with E-state index in [1.54, 1.807) is 0 Å². The molecule has 0 bridgehead atoms. The zero-order chi connectivity index (χ0) is 14.8. The minimum atomic E-state index is -0.594. The number of ether oxygens (including phenoxy) is 1. The molecule has 0 aliphatic heterocycles. The summed E-state index contributed by atoms with van der Waals surface area (Å²) in [6.07, 6.45) is 2.58. The number of carbonyl (C=O) groups is 1. The minimum Gasteiger partial charge on any atom is -0.509 e. The van der Waals surface area contributed by atoms with Crippen molar-refractivity contribution in [2.75, 3.05) is 7.11 Å². The van der Waals surface area contributed by atoms with Crippen molar-refractivity contribution < 1.29 is 24.9 Å². The van der Waals surface area contributed by atoms with Gasteiger partial charge in [0.25, 0.3) is 0 Å². The molecule has 19 heavy (non-hydrogen) atoms. The summed E-state index contributed by atoms with van der Waals surface area (Å²) < 4.78 is 4.87. The number of rotatable bonds is 4. The van der Waals surface area contributed by atoms with Gasteiger partial charge in [-0.3, -0.25) is 0 Å². The molecule has 0 atom stereocenters. The Morgan fingerprint density at radius 1 is 1.16 bits per heavy atom. The van der Waals surface area contributed by atoms with Crippen LogP contribution in [-0.4, -0.2) is 28.4 Å². The van der Waals surface area contributed by atoms with E-state index in [0.29, 0.717) is 5.56 Å². The highest BCUT2D eigenvalue weighted by Crippen LogP contribution is 2.12. The molecule has 0 saturated carbocycles. The van der Waals surface area contributed by atoms with Gasteiger partial charge in [-0.05, 0) is 36.4 Å². The smallest absolute Gasteiger partial charge is 0.343 e. The van der Waals surface area contributed by atoms with Crippen LogP contribution in [0.3, 0.4) is 0 Å². The average Bonchev–Trinajstić information content (AvgIpc) is 2.39. The molecule has 1 aromatic carbocycles. The fourth-order valence-corrected chi connectivity index (χ4v) is 0.999. The van der Waals surface area contributed by atoms with Gasteiger partial charge >= 0.3 is 5.97 Å². The normalized spacial score (nSPS) is 9.37. The van der Waals surface area contributed by atoms with Crippen molar-refractivity contribution in [2.24, 2.45) is 0 Å². The molecule has 0 fully saturated rings. The van der Waals surface area contributed by atoms with Crippen LogP contribution in [0.25, 0.3) is 0 Å². The molecule has 102 valence electrons. The summed E-state index contributed by atoms with van der Waals surface area (Å²) in [5.41, 5.74) is 0.292. The fourth-order valence-electron chi connectivity index (χ4n) is 0.999. The first kappa shape index (κ1) is 16.5. The number of hydrogen-bond acceptors (Lipinski definition) is 5. The third kappa shape index (κ3) is 6.70. The van der Waals surface area contributed by atoms with Crippen molar-refractivity contribution in [3.8, 4) is 5.75 Å². The Kier molecular flexibility index (Phi) is 7.41. The first-order chi connectivity index (χ1) is 8.99. The number of phenolic OH excluding ortho intramolecular Hbond substituents is 1. The standard InChI is InChI=1S/C13H12O4.CH4O/c1-9(14)3-4-10(2)17-13(16)11-5-7-12(15)8-6-11;1-2/h3-8,14-15H,1-2H2;2H,1H3/b4-3-;. The highest BCUT2D eigenvalue weighted by molar-refractivity contribution is 5.90. The van der Waals surface area contributed by atoms with E-state index in [0.717, 1.165) is 7.11 Å². The van der Waals surface area contributed by atoms with Crippen LogP contribution in [0, 0.1) is 0 Å². The summed E-state index contributed by atoms with van der Waals surface area (Å²) in [6.45, 7) is 6.71. The molecule has 3 N–H and O–H groups in total. The number of benzene rings is 1. The van der Waals surface area contributed by atoms with Crippen molar-refractivity contribution in [1.29, 1.82) is 0 Å². The highest BCUT2D eigenvalue weighted by atomic mass is 16.5. The summed E-state index contributed by atoms with van der Waals surface area (Å²) in [4.78, 5) is 11.5. The van der Waals surface area contributed by atoms with Gasteiger partial charge in [-0.1, -0.05) is 13.2 Å². The maximum atomic E-state index is 11.5. The molecule has 0 aromatic heterocycles. The molecule has 0 spiro atoms. The third-order valence-electron chi connectivity index (χ3n) is 1.79. The fraction of sp³-hybridized carbons (Fsp3) is 0.0714. The van der Waals surface area contributed by atoms with Gasteiger partial charge in [-0.15, -0.1) is 0 Å². The largest absolute Gasteiger partial charge is 0.509 e. The molecule has 5 heteroatoms. The van der Waals surface area contributed by atoms with E-state index in [4.69, 9.17) is 20.1 Å². The molecular weight excluding hydrogens is 248 g/mol. The number of phenols is 1. The summed E-state index contributed by atoms with van der Waals surface area (Å²) in [5, 5.41) is 24.8. The number of aliphatic hydroxyl groups excluding tert-OH is 2. The van der Waals surface area contributed by atoms with Crippen LogP contribution in [0.5, 0.6) is 5.75 Å². The quantitative estimate of drug-likeness (QED) is 0.441. The first-order valence-electron chi connectivity index (χ1n) is 5.20. The Labute approximate surface area is 111 Å². The molecule has 0 unspecified atom stereocenters. The average molecular weight is 264 g/mol. The summed E-state index contributed by atoms with van der Waals surface area (Å²) in [7, 11) is 1.00. The Morgan fingerprint density at radius 3 is 2.16 bits per heavy atom. The van der Waals surface area contributed by atoms with Gasteiger partial charge in [0.15, 0.2) is 0 Å². The van der Waals surface area contributed by atoms with Crippen molar-refractivity contribution >= 4 is 5.97 Å². The molecule has 5 nitrogen and oxygen atoms in total. The molecule has 1 aromatic rings. The van der Waals surface area contributed by atoms with E-state index in [2.05, 4.69) is 13.2 Å². The van der Waals surface area contributed by atoms with Crippen LogP contribution in [0.2, 0.25) is 0 Å².